The van der Waals surface area contributed by atoms with Gasteiger partial charge in [-0.25, -0.2) is 4.98 Å². The van der Waals surface area contributed by atoms with Gasteiger partial charge in [0.15, 0.2) is 0 Å². The lowest BCUT2D eigenvalue weighted by molar-refractivity contribution is 0.0938. The molecule has 0 bridgehead atoms. The molecule has 1 aliphatic heterocycles. The molecule has 1 aromatic heterocycles. The third-order valence-electron chi connectivity index (χ3n) is 4.94. The molecule has 2 aromatic carbocycles. The molecule has 2 heterocycles. The molecule has 3 aromatic rings. The lowest BCUT2D eigenvalue weighted by Crippen LogP contribution is -2.36. The van der Waals surface area contributed by atoms with Gasteiger partial charge in [-0.2, -0.15) is 0 Å². The molecule has 1 fully saturated rings. The number of hydrogen-bond acceptors (Lipinski definition) is 4. The highest BCUT2D eigenvalue weighted by Crippen LogP contribution is 2.20. The second-order valence-corrected chi connectivity index (χ2v) is 6.89. The first-order valence-electron chi connectivity index (χ1n) is 9.54. The van der Waals surface area contributed by atoms with E-state index in [4.69, 9.17) is 4.74 Å². The van der Waals surface area contributed by atoms with E-state index in [0.29, 0.717) is 5.56 Å². The van der Waals surface area contributed by atoms with Crippen LogP contribution < -0.4 is 10.2 Å². The minimum absolute atomic E-state index is 0.112. The molecule has 1 unspecified atom stereocenters. The van der Waals surface area contributed by atoms with Crippen molar-refractivity contribution in [1.82, 2.24) is 15.3 Å². The zero-order valence-electron chi connectivity index (χ0n) is 15.9. The number of imidazole rings is 1. The average Bonchev–Trinajstić information content (AvgIpc) is 3.26. The van der Waals surface area contributed by atoms with Crippen LogP contribution in [0.2, 0.25) is 0 Å². The summed E-state index contributed by atoms with van der Waals surface area (Å²) in [5, 5.41) is 3.01. The molecule has 0 radical (unpaired) electrons. The maximum Gasteiger partial charge on any atom is 0.251 e. The van der Waals surface area contributed by atoms with Crippen molar-refractivity contribution in [2.45, 2.75) is 13.0 Å². The number of hydrogen-bond donors (Lipinski definition) is 2. The topological polar surface area (TPSA) is 70.2 Å². The first kappa shape index (κ1) is 18.3. The minimum Gasteiger partial charge on any atom is -0.378 e. The first-order valence-corrected chi connectivity index (χ1v) is 9.54. The Morgan fingerprint density at radius 1 is 1.11 bits per heavy atom. The van der Waals surface area contributed by atoms with Gasteiger partial charge in [0.05, 0.1) is 31.1 Å². The van der Waals surface area contributed by atoms with Crippen LogP contribution in [0.5, 0.6) is 0 Å². The molecular formula is C22H24N4O2. The number of nitrogens with zero attached hydrogens (tertiary/aromatic N) is 2. The standard InChI is InChI=1S/C22H24N4O2/c1-16(21-23-15-20(25-21)17-5-3-2-4-6-17)24-22(27)18-7-9-19(10-8-18)26-11-13-28-14-12-26/h2-10,15-16H,11-14H2,1H3,(H,23,25)(H,24,27). The summed E-state index contributed by atoms with van der Waals surface area (Å²) < 4.78 is 5.38. The van der Waals surface area contributed by atoms with Crippen LogP contribution >= 0.6 is 0 Å². The number of benzene rings is 2. The van der Waals surface area contributed by atoms with Gasteiger partial charge in [0.2, 0.25) is 0 Å². The van der Waals surface area contributed by atoms with Crippen LogP contribution in [-0.4, -0.2) is 42.2 Å². The van der Waals surface area contributed by atoms with Gasteiger partial charge in [-0.3, -0.25) is 4.79 Å². The van der Waals surface area contributed by atoms with Gasteiger partial charge in [-0.1, -0.05) is 30.3 Å². The molecule has 0 spiro atoms. The third-order valence-corrected chi connectivity index (χ3v) is 4.94. The lowest BCUT2D eigenvalue weighted by atomic mass is 10.1. The zero-order chi connectivity index (χ0) is 19.3. The highest BCUT2D eigenvalue weighted by atomic mass is 16.5. The summed E-state index contributed by atoms with van der Waals surface area (Å²) in [7, 11) is 0. The quantitative estimate of drug-likeness (QED) is 0.716. The van der Waals surface area contributed by atoms with Crippen LogP contribution in [0.4, 0.5) is 5.69 Å². The number of ether oxygens (including phenoxy) is 1. The Labute approximate surface area is 164 Å². The molecule has 0 saturated carbocycles. The molecule has 4 rings (SSSR count). The molecule has 1 saturated heterocycles. The van der Waals surface area contributed by atoms with Crippen LogP contribution in [0.3, 0.4) is 0 Å². The van der Waals surface area contributed by atoms with Gasteiger partial charge in [-0.15, -0.1) is 0 Å². The highest BCUT2D eigenvalue weighted by molar-refractivity contribution is 5.94. The van der Waals surface area contributed by atoms with E-state index in [2.05, 4.69) is 20.2 Å². The average molecular weight is 376 g/mol. The number of anilines is 1. The fourth-order valence-electron chi connectivity index (χ4n) is 3.31. The van der Waals surface area contributed by atoms with Crippen molar-refractivity contribution in [3.63, 3.8) is 0 Å². The van der Waals surface area contributed by atoms with E-state index in [-0.39, 0.29) is 11.9 Å². The first-order chi connectivity index (χ1) is 13.7. The van der Waals surface area contributed by atoms with Gasteiger partial charge >= 0.3 is 0 Å². The maximum absolute atomic E-state index is 12.6. The van der Waals surface area contributed by atoms with Gasteiger partial charge in [0.25, 0.3) is 5.91 Å². The largest absolute Gasteiger partial charge is 0.378 e. The van der Waals surface area contributed by atoms with Gasteiger partial charge in [-0.05, 0) is 36.8 Å². The number of aromatic amines is 1. The Balaban J connectivity index is 1.40. The Hall–Kier alpha value is -3.12. The van der Waals surface area contributed by atoms with E-state index >= 15 is 0 Å². The molecular weight excluding hydrogens is 352 g/mol. The van der Waals surface area contributed by atoms with E-state index < -0.39 is 0 Å². The van der Waals surface area contributed by atoms with Crippen LogP contribution in [0.25, 0.3) is 11.3 Å². The molecule has 0 aliphatic carbocycles. The number of nitrogens with one attached hydrogen (secondary N) is 2. The second-order valence-electron chi connectivity index (χ2n) is 6.89. The van der Waals surface area contributed by atoms with E-state index in [9.17, 15) is 4.79 Å². The lowest BCUT2D eigenvalue weighted by Gasteiger charge is -2.28. The van der Waals surface area contributed by atoms with E-state index in [1.165, 1.54) is 0 Å². The summed E-state index contributed by atoms with van der Waals surface area (Å²) in [6.45, 7) is 5.17. The predicted octanol–water partition coefficient (Wildman–Crippen LogP) is 3.40. The van der Waals surface area contributed by atoms with Crippen molar-refractivity contribution in [2.24, 2.45) is 0 Å². The fraction of sp³-hybridized carbons (Fsp3) is 0.273. The third kappa shape index (κ3) is 4.07. The smallest absolute Gasteiger partial charge is 0.251 e. The van der Waals surface area contributed by atoms with Crippen LogP contribution in [0, 0.1) is 0 Å². The van der Waals surface area contributed by atoms with Crippen molar-refractivity contribution in [1.29, 1.82) is 0 Å². The highest BCUT2D eigenvalue weighted by Gasteiger charge is 2.16. The minimum atomic E-state index is -0.219. The molecule has 1 amide bonds. The Bertz CT molecular complexity index is 915. The molecule has 6 nitrogen and oxygen atoms in total. The summed E-state index contributed by atoms with van der Waals surface area (Å²) in [6, 6.07) is 17.5. The van der Waals surface area contributed by atoms with E-state index in [0.717, 1.165) is 49.1 Å². The fourth-order valence-corrected chi connectivity index (χ4v) is 3.31. The van der Waals surface area contributed by atoms with E-state index in [1.54, 1.807) is 6.20 Å². The van der Waals surface area contributed by atoms with Crippen LogP contribution in [-0.2, 0) is 4.74 Å². The summed E-state index contributed by atoms with van der Waals surface area (Å²) in [5.74, 6) is 0.621. The number of H-pyrrole nitrogens is 1. The van der Waals surface area contributed by atoms with Crippen LogP contribution in [0.1, 0.15) is 29.1 Å². The predicted molar refractivity (Wildman–Crippen MR) is 109 cm³/mol. The Kier molecular flexibility index (Phi) is 5.39. The molecule has 1 aliphatic rings. The maximum atomic E-state index is 12.6. The van der Waals surface area contributed by atoms with Crippen molar-refractivity contribution < 1.29 is 9.53 Å². The van der Waals surface area contributed by atoms with Crippen molar-refractivity contribution in [3.8, 4) is 11.3 Å². The van der Waals surface area contributed by atoms with Crippen molar-refractivity contribution >= 4 is 11.6 Å². The molecule has 144 valence electrons. The molecule has 6 heteroatoms. The van der Waals surface area contributed by atoms with Gasteiger partial charge in [0, 0.05) is 24.3 Å². The van der Waals surface area contributed by atoms with E-state index in [1.807, 2.05) is 61.5 Å². The van der Waals surface area contributed by atoms with Crippen molar-refractivity contribution in [3.05, 3.63) is 72.2 Å². The number of carbonyl (C=O) groups excluding carboxylic acids is 1. The number of morpholine rings is 1. The Morgan fingerprint density at radius 2 is 1.82 bits per heavy atom. The van der Waals surface area contributed by atoms with Gasteiger partial charge < -0.3 is 19.9 Å². The summed E-state index contributed by atoms with van der Waals surface area (Å²) in [5.41, 5.74) is 3.76. The van der Waals surface area contributed by atoms with Crippen molar-refractivity contribution in [2.75, 3.05) is 31.2 Å². The molecule has 28 heavy (non-hydrogen) atoms. The van der Waals surface area contributed by atoms with Crippen LogP contribution in [0.15, 0.2) is 60.8 Å². The van der Waals surface area contributed by atoms with Gasteiger partial charge in [0.1, 0.15) is 5.82 Å². The Morgan fingerprint density at radius 3 is 2.54 bits per heavy atom. The number of rotatable bonds is 5. The SMILES string of the molecule is CC(NC(=O)c1ccc(N2CCOCC2)cc1)c1ncc(-c2ccccc2)[nH]1. The number of aromatic nitrogens is 2. The monoisotopic (exact) mass is 376 g/mol. The summed E-state index contributed by atoms with van der Waals surface area (Å²) >= 11 is 0. The number of carbonyl (C=O) groups is 1. The molecule has 1 atom stereocenters. The zero-order valence-corrected chi connectivity index (χ0v) is 15.9. The second kappa shape index (κ2) is 8.27. The summed E-state index contributed by atoms with van der Waals surface area (Å²) in [4.78, 5) is 22.6. The normalized spacial score (nSPS) is 15.2. The molecule has 2 N–H and O–H groups in total. The summed E-state index contributed by atoms with van der Waals surface area (Å²) in [6.07, 6.45) is 1.80. The number of amides is 1.